The Labute approximate surface area is 684 Å². The highest BCUT2D eigenvalue weighted by molar-refractivity contribution is 9.10. The fraction of sp³-hybridized carbons (Fsp3) is 0. The van der Waals surface area contributed by atoms with E-state index in [1.54, 1.807) is 0 Å². The molecule has 552 valence electrons. The van der Waals surface area contributed by atoms with Gasteiger partial charge in [0.15, 0.2) is 34.9 Å². The fourth-order valence-corrected chi connectivity index (χ4v) is 16.4. The second-order valence-corrected chi connectivity index (χ2v) is 29.8. The molecule has 0 aliphatic rings. The Morgan fingerprint density at radius 1 is 0.214 bits per heavy atom. The molecule has 0 saturated heterocycles. The lowest BCUT2D eigenvalue weighted by Gasteiger charge is -2.16. The highest BCUT2D eigenvalue weighted by Gasteiger charge is 2.23. The fourth-order valence-electron chi connectivity index (χ4n) is 15.9. The molecule has 16 aromatic carbocycles. The largest absolute Gasteiger partial charge is 0.353 e. The predicted molar refractivity (Wildman–Crippen MR) is 486 cm³/mol. The summed E-state index contributed by atoms with van der Waals surface area (Å²) in [5, 5.41) is 7.32. The minimum absolute atomic E-state index is 0.610. The number of para-hydroxylation sites is 2. The number of fused-ring (bicyclic) bond motifs is 10. The standard InChI is InChI=1S/C53H35N5.C27H18BrN3.C26H18N2/c1-5-16-36(17-6-1)41-24-15-25-44(33-41)57-31-30-38-28-29-47-46-26-13-14-27-48(46)58(50(47)49(38)57)45-34-42(37-18-7-2-8-19-37)32-43(35-45)53-55-51(39-20-9-3-10-21-39)54-52(56-53)40-22-11-4-12-23-40;28-24-17-22(19-10-4-1-5-11-19)16-23(18-24)27-30-25(20-12-6-2-7-13-20)29-26(31-27)21-14-8-3-9-15-21;1-2-7-18(8-3-1)20-9-6-10-21(17-20)28-16-15-19-13-14-23-22-11-4-5-12-24(22)27-25(23)26(19)28/h1-35H;1-18H;1-17,27H. The van der Waals surface area contributed by atoms with E-state index in [9.17, 15) is 0 Å². The van der Waals surface area contributed by atoms with Gasteiger partial charge in [-0.05, 0) is 129 Å². The van der Waals surface area contributed by atoms with Crippen LogP contribution in [-0.2, 0) is 0 Å². The Hall–Kier alpha value is -15.3. The molecule has 22 aromatic rings. The van der Waals surface area contributed by atoms with Gasteiger partial charge in [-0.2, -0.15) is 0 Å². The van der Waals surface area contributed by atoms with E-state index in [0.717, 1.165) is 88.0 Å². The van der Waals surface area contributed by atoms with Gasteiger partial charge in [0.05, 0.1) is 27.6 Å². The van der Waals surface area contributed by atoms with Crippen LogP contribution in [0.15, 0.2) is 429 Å². The van der Waals surface area contributed by atoms with Crippen LogP contribution in [0.3, 0.4) is 0 Å². The second kappa shape index (κ2) is 31.3. The molecule has 0 fully saturated rings. The molecule has 0 bridgehead atoms. The summed E-state index contributed by atoms with van der Waals surface area (Å²) in [6.07, 6.45) is 4.36. The second-order valence-electron chi connectivity index (χ2n) is 28.9. The topological polar surface area (TPSA) is 108 Å². The first kappa shape index (κ1) is 70.8. The third-order valence-electron chi connectivity index (χ3n) is 21.5. The number of aromatic amines is 1. The summed E-state index contributed by atoms with van der Waals surface area (Å²) >= 11 is 3.66. The van der Waals surface area contributed by atoms with E-state index in [4.69, 9.17) is 29.9 Å². The van der Waals surface area contributed by atoms with Crippen LogP contribution in [0, 0.1) is 0 Å². The molecule has 0 aliphatic heterocycles. The molecule has 11 heteroatoms. The molecule has 1 N–H and O–H groups in total. The quantitative estimate of drug-likeness (QED) is 0.123. The van der Waals surface area contributed by atoms with E-state index in [0.29, 0.717) is 34.9 Å². The zero-order chi connectivity index (χ0) is 78.0. The van der Waals surface area contributed by atoms with Gasteiger partial charge in [-0.25, -0.2) is 29.9 Å². The Morgan fingerprint density at radius 2 is 0.547 bits per heavy atom. The molecule has 22 rings (SSSR count). The van der Waals surface area contributed by atoms with Crippen molar-refractivity contribution in [1.29, 1.82) is 0 Å². The Morgan fingerprint density at radius 3 is 1.02 bits per heavy atom. The van der Waals surface area contributed by atoms with Gasteiger partial charge in [0, 0.05) is 105 Å². The zero-order valence-electron chi connectivity index (χ0n) is 63.3. The summed E-state index contributed by atoms with van der Waals surface area (Å²) in [6, 6.07) is 143. The highest BCUT2D eigenvalue weighted by atomic mass is 79.9. The summed E-state index contributed by atoms with van der Waals surface area (Å²) in [5.74, 6) is 3.83. The van der Waals surface area contributed by atoms with Crippen molar-refractivity contribution >= 4 is 81.3 Å². The molecule has 10 nitrogen and oxygen atoms in total. The third-order valence-corrected chi connectivity index (χ3v) is 21.9. The van der Waals surface area contributed by atoms with Gasteiger partial charge in [0.25, 0.3) is 0 Å². The van der Waals surface area contributed by atoms with E-state index in [1.807, 2.05) is 146 Å². The van der Waals surface area contributed by atoms with Crippen molar-refractivity contribution < 1.29 is 0 Å². The average Bonchev–Trinajstić information content (AvgIpc) is 1.57. The molecule has 0 amide bonds. The van der Waals surface area contributed by atoms with Crippen molar-refractivity contribution in [3.63, 3.8) is 0 Å². The average molecular weight is 1560 g/mol. The lowest BCUT2D eigenvalue weighted by atomic mass is 10.0. The number of halogens is 1. The highest BCUT2D eigenvalue weighted by Crippen LogP contribution is 2.42. The lowest BCUT2D eigenvalue weighted by Crippen LogP contribution is -2.02. The van der Waals surface area contributed by atoms with E-state index in [2.05, 4.69) is 314 Å². The monoisotopic (exact) mass is 1560 g/mol. The molecule has 6 heterocycles. The minimum atomic E-state index is 0.610. The molecular weight excluding hydrogens is 1490 g/mol. The number of benzene rings is 16. The normalized spacial score (nSPS) is 11.3. The third kappa shape index (κ3) is 14.2. The zero-order valence-corrected chi connectivity index (χ0v) is 64.9. The van der Waals surface area contributed by atoms with Crippen molar-refractivity contribution in [1.82, 2.24) is 48.6 Å². The van der Waals surface area contributed by atoms with Gasteiger partial charge < -0.3 is 18.7 Å². The van der Waals surface area contributed by atoms with E-state index in [-0.39, 0.29) is 0 Å². The Balaban J connectivity index is 0.000000125. The number of aromatic nitrogens is 10. The van der Waals surface area contributed by atoms with E-state index in [1.165, 1.54) is 76.8 Å². The number of hydrogen-bond donors (Lipinski definition) is 1. The first-order valence-electron chi connectivity index (χ1n) is 39.1. The molecule has 0 saturated carbocycles. The number of nitrogens with zero attached hydrogens (tertiary/aromatic N) is 9. The summed E-state index contributed by atoms with van der Waals surface area (Å²) < 4.78 is 8.04. The van der Waals surface area contributed by atoms with Crippen molar-refractivity contribution in [3.05, 3.63) is 429 Å². The Kier molecular flexibility index (Phi) is 19.0. The van der Waals surface area contributed by atoms with E-state index < -0.39 is 0 Å². The number of H-pyrrole nitrogens is 1. The minimum Gasteiger partial charge on any atom is -0.353 e. The van der Waals surface area contributed by atoms with Crippen LogP contribution in [0.2, 0.25) is 0 Å². The van der Waals surface area contributed by atoms with Crippen LogP contribution in [0.1, 0.15) is 0 Å². The molecule has 0 aliphatic carbocycles. The molecule has 0 atom stereocenters. The summed E-state index contributed by atoms with van der Waals surface area (Å²) in [7, 11) is 0. The van der Waals surface area contributed by atoms with Crippen molar-refractivity contribution in [3.8, 4) is 130 Å². The SMILES string of the molecule is Brc1cc(-c2ccccc2)cc(-c2nc(-c3ccccc3)nc(-c3ccccc3)n2)c1.c1ccc(-c2cccc(-n3ccc4ccc5c6ccccc6[nH]c5c43)c2)cc1.c1ccc(-c2cccc(-n3ccc4ccc5c6ccccc6n(-c6cc(-c7ccccc7)cc(-c7nc(-c8ccccc8)nc(-c8ccccc8)n7)c6)c5c43)c2)cc1. The van der Waals surface area contributed by atoms with Gasteiger partial charge >= 0.3 is 0 Å². The molecular formula is C106H71BrN10. The first-order chi connectivity index (χ1) is 57.9. The number of rotatable bonds is 13. The summed E-state index contributed by atoms with van der Waals surface area (Å²) in [6.45, 7) is 0. The van der Waals surface area contributed by atoms with Crippen molar-refractivity contribution in [2.24, 2.45) is 0 Å². The van der Waals surface area contributed by atoms with Crippen LogP contribution in [0.4, 0.5) is 0 Å². The Bertz CT molecular complexity index is 7240. The lowest BCUT2D eigenvalue weighted by molar-refractivity contribution is 1.07. The molecule has 6 aromatic heterocycles. The van der Waals surface area contributed by atoms with Gasteiger partial charge in [-0.3, -0.25) is 0 Å². The first-order valence-corrected chi connectivity index (χ1v) is 39.9. The summed E-state index contributed by atoms with van der Waals surface area (Å²) in [5.41, 5.74) is 25.2. The molecule has 0 radical (unpaired) electrons. The molecule has 0 spiro atoms. The van der Waals surface area contributed by atoms with E-state index >= 15 is 0 Å². The van der Waals surface area contributed by atoms with Crippen LogP contribution in [0.25, 0.3) is 195 Å². The van der Waals surface area contributed by atoms with Crippen molar-refractivity contribution in [2.45, 2.75) is 0 Å². The molecule has 117 heavy (non-hydrogen) atoms. The maximum absolute atomic E-state index is 5.17. The van der Waals surface area contributed by atoms with Crippen LogP contribution in [-0.4, -0.2) is 48.6 Å². The van der Waals surface area contributed by atoms with Gasteiger partial charge in [0.2, 0.25) is 0 Å². The van der Waals surface area contributed by atoms with Crippen LogP contribution >= 0.6 is 15.9 Å². The van der Waals surface area contributed by atoms with Crippen LogP contribution < -0.4 is 0 Å². The van der Waals surface area contributed by atoms with Crippen LogP contribution in [0.5, 0.6) is 0 Å². The van der Waals surface area contributed by atoms with Crippen molar-refractivity contribution in [2.75, 3.05) is 0 Å². The molecule has 0 unspecified atom stereocenters. The van der Waals surface area contributed by atoms with Gasteiger partial charge in [-0.15, -0.1) is 0 Å². The van der Waals surface area contributed by atoms with Gasteiger partial charge in [0.1, 0.15) is 0 Å². The van der Waals surface area contributed by atoms with Gasteiger partial charge in [-0.1, -0.05) is 344 Å². The smallest absolute Gasteiger partial charge is 0.164 e. The predicted octanol–water partition coefficient (Wildman–Crippen LogP) is 27.5. The number of nitrogens with one attached hydrogen (secondary N) is 1. The maximum atomic E-state index is 5.17. The number of hydrogen-bond acceptors (Lipinski definition) is 6. The summed E-state index contributed by atoms with van der Waals surface area (Å²) in [4.78, 5) is 33.4. The maximum Gasteiger partial charge on any atom is 0.164 e.